The van der Waals surface area contributed by atoms with Gasteiger partial charge in [-0.25, -0.2) is 0 Å². The molecule has 1 atom stereocenters. The Morgan fingerprint density at radius 3 is 2.58 bits per heavy atom. The molecule has 0 aromatic heterocycles. The van der Waals surface area contributed by atoms with Gasteiger partial charge in [-0.15, -0.1) is 0 Å². The predicted octanol–water partition coefficient (Wildman–Crippen LogP) is 2.52. The van der Waals surface area contributed by atoms with E-state index in [0.717, 1.165) is 19.3 Å². The second kappa shape index (κ2) is 3.46. The van der Waals surface area contributed by atoms with E-state index in [-0.39, 0.29) is 17.5 Å². The van der Waals surface area contributed by atoms with Crippen molar-refractivity contribution < 1.29 is 9.53 Å². The van der Waals surface area contributed by atoms with Gasteiger partial charge in [0.15, 0.2) is 0 Å². The lowest BCUT2D eigenvalue weighted by Gasteiger charge is -2.28. The Morgan fingerprint density at radius 1 is 1.33 bits per heavy atom. The zero-order valence-corrected chi connectivity index (χ0v) is 8.22. The van der Waals surface area contributed by atoms with Crippen molar-refractivity contribution in [2.45, 2.75) is 52.6 Å². The number of hydrogen-bond donors (Lipinski definition) is 0. The fourth-order valence-electron chi connectivity index (χ4n) is 1.49. The molecule has 1 heterocycles. The molecule has 0 saturated carbocycles. The quantitative estimate of drug-likeness (QED) is 0.522. The Morgan fingerprint density at radius 2 is 2.00 bits per heavy atom. The first kappa shape index (κ1) is 9.56. The molecule has 0 bridgehead atoms. The maximum absolute atomic E-state index is 11.1. The van der Waals surface area contributed by atoms with Crippen molar-refractivity contribution in [3.05, 3.63) is 0 Å². The molecular formula is C10H18O2. The van der Waals surface area contributed by atoms with Gasteiger partial charge in [-0.2, -0.15) is 0 Å². The summed E-state index contributed by atoms with van der Waals surface area (Å²) >= 11 is 0. The third-order valence-corrected chi connectivity index (χ3v) is 2.34. The van der Waals surface area contributed by atoms with E-state index < -0.39 is 0 Å². The van der Waals surface area contributed by atoms with Crippen molar-refractivity contribution in [2.24, 2.45) is 5.41 Å². The van der Waals surface area contributed by atoms with Crippen LogP contribution >= 0.6 is 0 Å². The zero-order valence-electron chi connectivity index (χ0n) is 8.22. The molecule has 0 aliphatic carbocycles. The van der Waals surface area contributed by atoms with E-state index in [0.29, 0.717) is 6.42 Å². The maximum atomic E-state index is 11.1. The third-order valence-electron chi connectivity index (χ3n) is 2.34. The number of cyclic esters (lactones) is 1. The first-order valence-corrected chi connectivity index (χ1v) is 4.69. The predicted molar refractivity (Wildman–Crippen MR) is 47.8 cm³/mol. The molecule has 1 aliphatic heterocycles. The number of hydrogen-bond acceptors (Lipinski definition) is 2. The molecule has 1 rings (SSSR count). The second-order valence-corrected chi connectivity index (χ2v) is 4.59. The second-order valence-electron chi connectivity index (χ2n) is 4.59. The van der Waals surface area contributed by atoms with Crippen LogP contribution in [0.2, 0.25) is 0 Å². The first-order chi connectivity index (χ1) is 5.50. The molecule has 2 nitrogen and oxygen atoms in total. The van der Waals surface area contributed by atoms with Crippen LogP contribution < -0.4 is 0 Å². The molecule has 1 aliphatic rings. The largest absolute Gasteiger partial charge is 0.462 e. The van der Waals surface area contributed by atoms with E-state index in [9.17, 15) is 4.79 Å². The molecule has 1 unspecified atom stereocenters. The maximum Gasteiger partial charge on any atom is 0.306 e. The molecule has 0 radical (unpaired) electrons. The van der Waals surface area contributed by atoms with Gasteiger partial charge in [0.1, 0.15) is 6.10 Å². The summed E-state index contributed by atoms with van der Waals surface area (Å²) in [6.07, 6.45) is 3.86. The third kappa shape index (κ3) is 2.50. The Kier molecular flexibility index (Phi) is 2.76. The van der Waals surface area contributed by atoms with Crippen molar-refractivity contribution in [3.8, 4) is 0 Å². The molecule has 1 saturated heterocycles. The van der Waals surface area contributed by atoms with Crippen LogP contribution in [0.15, 0.2) is 0 Å². The van der Waals surface area contributed by atoms with Crippen molar-refractivity contribution in [2.75, 3.05) is 0 Å². The summed E-state index contributed by atoms with van der Waals surface area (Å²) < 4.78 is 5.34. The van der Waals surface area contributed by atoms with Gasteiger partial charge in [0.25, 0.3) is 0 Å². The highest BCUT2D eigenvalue weighted by Crippen LogP contribution is 2.29. The Hall–Kier alpha value is -0.530. The van der Waals surface area contributed by atoms with Crippen LogP contribution in [0.4, 0.5) is 0 Å². The molecule has 70 valence electrons. The first-order valence-electron chi connectivity index (χ1n) is 4.69. The highest BCUT2D eigenvalue weighted by Gasteiger charge is 2.29. The van der Waals surface area contributed by atoms with Gasteiger partial charge in [-0.1, -0.05) is 20.8 Å². The Bertz CT molecular complexity index is 167. The number of ether oxygens (including phenoxy) is 1. The Labute approximate surface area is 74.3 Å². The van der Waals surface area contributed by atoms with Gasteiger partial charge in [0, 0.05) is 6.42 Å². The van der Waals surface area contributed by atoms with Crippen molar-refractivity contribution in [1.82, 2.24) is 0 Å². The molecule has 1 fully saturated rings. The van der Waals surface area contributed by atoms with Crippen LogP contribution in [0, 0.1) is 5.41 Å². The van der Waals surface area contributed by atoms with Crippen LogP contribution in [0.1, 0.15) is 46.5 Å². The van der Waals surface area contributed by atoms with Gasteiger partial charge in [-0.05, 0) is 24.7 Å². The standard InChI is InChI=1S/C10H18O2/c1-10(2,3)8-6-4-5-7-9(11)12-8/h8H,4-7H2,1-3H3. The summed E-state index contributed by atoms with van der Waals surface area (Å²) in [4.78, 5) is 11.1. The minimum Gasteiger partial charge on any atom is -0.462 e. The van der Waals surface area contributed by atoms with E-state index in [4.69, 9.17) is 4.74 Å². The summed E-state index contributed by atoms with van der Waals surface area (Å²) in [5.41, 5.74) is 0.0972. The monoisotopic (exact) mass is 170 g/mol. The lowest BCUT2D eigenvalue weighted by Crippen LogP contribution is -2.30. The molecule has 0 amide bonds. The fraction of sp³-hybridized carbons (Fsp3) is 0.900. The molecule has 0 aromatic carbocycles. The van der Waals surface area contributed by atoms with Crippen LogP contribution in [-0.4, -0.2) is 12.1 Å². The minimum atomic E-state index is -0.0209. The Balaban J connectivity index is 2.58. The summed E-state index contributed by atoms with van der Waals surface area (Å²) in [5.74, 6) is -0.0209. The van der Waals surface area contributed by atoms with Gasteiger partial charge in [0.05, 0.1) is 0 Å². The SMILES string of the molecule is CC(C)(C)C1CCCCC(=O)O1. The normalized spacial score (nSPS) is 26.2. The van der Waals surface area contributed by atoms with Gasteiger partial charge >= 0.3 is 5.97 Å². The van der Waals surface area contributed by atoms with Gasteiger partial charge in [0.2, 0.25) is 0 Å². The summed E-state index contributed by atoms with van der Waals surface area (Å²) in [6.45, 7) is 6.36. The molecule has 0 N–H and O–H groups in total. The van der Waals surface area contributed by atoms with Crippen LogP contribution in [0.25, 0.3) is 0 Å². The summed E-state index contributed by atoms with van der Waals surface area (Å²) in [5, 5.41) is 0. The summed E-state index contributed by atoms with van der Waals surface area (Å²) in [6, 6.07) is 0. The van der Waals surface area contributed by atoms with Crippen molar-refractivity contribution >= 4 is 5.97 Å². The fourth-order valence-corrected chi connectivity index (χ4v) is 1.49. The topological polar surface area (TPSA) is 26.3 Å². The molecule has 12 heavy (non-hydrogen) atoms. The molecule has 0 spiro atoms. The van der Waals surface area contributed by atoms with Crippen molar-refractivity contribution in [1.29, 1.82) is 0 Å². The number of carbonyl (C=O) groups excluding carboxylic acids is 1. The summed E-state index contributed by atoms with van der Waals surface area (Å²) in [7, 11) is 0. The van der Waals surface area contributed by atoms with E-state index >= 15 is 0 Å². The van der Waals surface area contributed by atoms with Crippen LogP contribution in [0.5, 0.6) is 0 Å². The average Bonchev–Trinajstić information content (AvgIpc) is 2.11. The average molecular weight is 170 g/mol. The molecule has 2 heteroatoms. The van der Waals surface area contributed by atoms with E-state index in [1.54, 1.807) is 0 Å². The van der Waals surface area contributed by atoms with E-state index in [1.807, 2.05) is 0 Å². The molecular weight excluding hydrogens is 152 g/mol. The smallest absolute Gasteiger partial charge is 0.306 e. The number of carbonyl (C=O) groups is 1. The van der Waals surface area contributed by atoms with Crippen LogP contribution in [-0.2, 0) is 9.53 Å². The zero-order chi connectivity index (χ0) is 9.19. The van der Waals surface area contributed by atoms with Crippen molar-refractivity contribution in [3.63, 3.8) is 0 Å². The lowest BCUT2D eigenvalue weighted by molar-refractivity contribution is -0.153. The lowest BCUT2D eigenvalue weighted by atomic mass is 9.86. The van der Waals surface area contributed by atoms with Crippen LogP contribution in [0.3, 0.4) is 0 Å². The van der Waals surface area contributed by atoms with E-state index in [1.165, 1.54) is 0 Å². The highest BCUT2D eigenvalue weighted by molar-refractivity contribution is 5.69. The minimum absolute atomic E-state index is 0.0209. The molecule has 0 aromatic rings. The number of esters is 1. The highest BCUT2D eigenvalue weighted by atomic mass is 16.5. The van der Waals surface area contributed by atoms with Gasteiger partial charge in [-0.3, -0.25) is 4.79 Å². The number of rotatable bonds is 0. The van der Waals surface area contributed by atoms with E-state index in [2.05, 4.69) is 20.8 Å². The van der Waals surface area contributed by atoms with Gasteiger partial charge < -0.3 is 4.74 Å².